The lowest BCUT2D eigenvalue weighted by molar-refractivity contribution is -0.135. The number of aryl methyl sites for hydroxylation is 1. The number of amides is 5. The van der Waals surface area contributed by atoms with Crippen molar-refractivity contribution in [3.05, 3.63) is 68.8 Å². The van der Waals surface area contributed by atoms with Crippen molar-refractivity contribution < 1.29 is 29.1 Å². The van der Waals surface area contributed by atoms with Crippen LogP contribution in [-0.2, 0) is 49.9 Å². The number of hydrogen-bond donors (Lipinski definition) is 4. The van der Waals surface area contributed by atoms with E-state index in [0.717, 1.165) is 32.1 Å². The molecule has 0 radical (unpaired) electrons. The predicted octanol–water partition coefficient (Wildman–Crippen LogP) is 3.22. The van der Waals surface area contributed by atoms with Gasteiger partial charge >= 0.3 is 0 Å². The summed E-state index contributed by atoms with van der Waals surface area (Å²) in [6.45, 7) is 2.98. The van der Waals surface area contributed by atoms with Gasteiger partial charge in [0.1, 0.15) is 13.2 Å². The maximum atomic E-state index is 12.8. The molecule has 1 aromatic carbocycles. The van der Waals surface area contributed by atoms with Gasteiger partial charge in [0, 0.05) is 104 Å². The fraction of sp³-hybridized carbons (Fsp3) is 0.436. The van der Waals surface area contributed by atoms with Gasteiger partial charge in [0.25, 0.3) is 0 Å². The first-order valence-electron chi connectivity index (χ1n) is 18.9. The number of rotatable bonds is 16. The topological polar surface area (TPSA) is 176 Å². The number of anilines is 1. The Bertz CT molecular complexity index is 2160. The highest BCUT2D eigenvalue weighted by molar-refractivity contribution is 7.16. The normalized spacial score (nSPS) is 14.6. The van der Waals surface area contributed by atoms with E-state index in [2.05, 4.69) is 15.6 Å². The van der Waals surface area contributed by atoms with Gasteiger partial charge in [-0.2, -0.15) is 5.10 Å². The number of H-pyrrole nitrogens is 1. The van der Waals surface area contributed by atoms with Crippen LogP contribution >= 0.6 is 34.5 Å². The number of nitrogens with one attached hydrogen (secondary N) is 3. The predicted molar refractivity (Wildman–Crippen MR) is 220 cm³/mol. The van der Waals surface area contributed by atoms with Crippen molar-refractivity contribution in [1.29, 1.82) is 0 Å². The van der Waals surface area contributed by atoms with Gasteiger partial charge in [0.15, 0.2) is 0 Å². The lowest BCUT2D eigenvalue weighted by Crippen LogP contribution is -2.51. The van der Waals surface area contributed by atoms with E-state index in [-0.39, 0.29) is 48.9 Å². The molecule has 15 nitrogen and oxygen atoms in total. The third kappa shape index (κ3) is 10.4. The molecule has 0 unspecified atom stereocenters. The molecule has 4 N–H and O–H groups in total. The maximum Gasteiger partial charge on any atom is 0.248 e. The molecule has 304 valence electrons. The Labute approximate surface area is 344 Å². The molecular formula is C39H47Cl2N9O6S. The summed E-state index contributed by atoms with van der Waals surface area (Å²) >= 11 is 14.6. The first-order valence-corrected chi connectivity index (χ1v) is 20.5. The summed E-state index contributed by atoms with van der Waals surface area (Å²) in [5, 5.41) is 22.3. The van der Waals surface area contributed by atoms with Gasteiger partial charge in [-0.05, 0) is 51.2 Å². The maximum absolute atomic E-state index is 12.8. The highest BCUT2D eigenvalue weighted by atomic mass is 35.5. The zero-order chi connectivity index (χ0) is 40.6. The van der Waals surface area contributed by atoms with Crippen LogP contribution in [-0.4, -0.2) is 131 Å². The average molecular weight is 841 g/mol. The van der Waals surface area contributed by atoms with Crippen LogP contribution in [0.1, 0.15) is 35.4 Å². The van der Waals surface area contributed by atoms with Crippen LogP contribution in [0.15, 0.2) is 42.6 Å². The van der Waals surface area contributed by atoms with Crippen LogP contribution < -0.4 is 15.5 Å². The van der Waals surface area contributed by atoms with E-state index in [9.17, 15) is 29.1 Å². The number of likely N-dealkylation sites (N-methyl/N-ethyl adjacent to an activating group) is 1. The highest BCUT2D eigenvalue weighted by Crippen LogP contribution is 2.42. The number of aromatic amines is 1. The first-order chi connectivity index (χ1) is 27.4. The number of benzene rings is 1. The van der Waals surface area contributed by atoms with Crippen molar-refractivity contribution in [2.45, 2.75) is 45.2 Å². The Morgan fingerprint density at radius 2 is 1.81 bits per heavy atom. The SMILES string of the molecule is CN(C)C/C=C/C(=O)N1CCN(c2ccc(CCC(=O)NCCCC(=O)NCCn3ccc(-c4cc(Cl)c(Cl)c5[nH]c6c(c45)CN(C(=O)CO)CC6)n3)s2)C(=O)C1. The number of aromatic nitrogens is 3. The van der Waals surface area contributed by atoms with Crippen molar-refractivity contribution in [2.75, 3.05) is 71.4 Å². The summed E-state index contributed by atoms with van der Waals surface area (Å²) in [6, 6.07) is 7.44. The quantitative estimate of drug-likeness (QED) is 0.0983. The van der Waals surface area contributed by atoms with Crippen molar-refractivity contribution in [1.82, 2.24) is 40.1 Å². The molecule has 6 rings (SSSR count). The minimum absolute atomic E-state index is 0.0314. The molecule has 5 amide bonds. The molecule has 18 heteroatoms. The Morgan fingerprint density at radius 3 is 2.58 bits per heavy atom. The summed E-state index contributed by atoms with van der Waals surface area (Å²) in [5.41, 5.74) is 3.99. The zero-order valence-electron chi connectivity index (χ0n) is 32.0. The van der Waals surface area contributed by atoms with Crippen LogP contribution in [0.3, 0.4) is 0 Å². The van der Waals surface area contributed by atoms with E-state index in [1.165, 1.54) is 17.4 Å². The zero-order valence-corrected chi connectivity index (χ0v) is 34.3. The lowest BCUT2D eigenvalue weighted by Gasteiger charge is -2.33. The molecule has 5 heterocycles. The Balaban J connectivity index is 0.896. The lowest BCUT2D eigenvalue weighted by atomic mass is 9.99. The van der Waals surface area contributed by atoms with Crippen molar-refractivity contribution in [3.8, 4) is 11.3 Å². The molecule has 57 heavy (non-hydrogen) atoms. The van der Waals surface area contributed by atoms with Gasteiger partial charge in [-0.1, -0.05) is 29.3 Å². The summed E-state index contributed by atoms with van der Waals surface area (Å²) in [4.78, 5) is 73.8. The van der Waals surface area contributed by atoms with E-state index in [1.54, 1.807) is 31.5 Å². The van der Waals surface area contributed by atoms with Crippen LogP contribution in [0.4, 0.5) is 5.00 Å². The van der Waals surface area contributed by atoms with Gasteiger partial charge in [0.2, 0.25) is 29.5 Å². The van der Waals surface area contributed by atoms with Crippen molar-refractivity contribution >= 4 is 80.0 Å². The molecule has 1 saturated heterocycles. The molecule has 0 saturated carbocycles. The Kier molecular flexibility index (Phi) is 14.1. The number of halogens is 2. The molecule has 0 spiro atoms. The third-order valence-corrected chi connectivity index (χ3v) is 11.8. The van der Waals surface area contributed by atoms with Gasteiger partial charge < -0.3 is 40.3 Å². The molecule has 0 atom stereocenters. The summed E-state index contributed by atoms with van der Waals surface area (Å²) < 4.78 is 1.73. The second-order valence-electron chi connectivity index (χ2n) is 14.3. The van der Waals surface area contributed by atoms with Gasteiger partial charge in [-0.15, -0.1) is 11.3 Å². The van der Waals surface area contributed by atoms with Gasteiger partial charge in [-0.3, -0.25) is 28.7 Å². The minimum Gasteiger partial charge on any atom is -0.387 e. The average Bonchev–Trinajstić information content (AvgIpc) is 3.96. The molecule has 1 fully saturated rings. The number of piperazine rings is 1. The van der Waals surface area contributed by atoms with Crippen LogP contribution in [0, 0.1) is 0 Å². The van der Waals surface area contributed by atoms with Crippen molar-refractivity contribution in [2.24, 2.45) is 0 Å². The Hall–Kier alpha value is -4.74. The molecule has 0 aliphatic carbocycles. The largest absolute Gasteiger partial charge is 0.387 e. The van der Waals surface area contributed by atoms with Crippen LogP contribution in [0.25, 0.3) is 22.2 Å². The second-order valence-corrected chi connectivity index (χ2v) is 16.2. The number of fused-ring (bicyclic) bond motifs is 3. The van der Waals surface area contributed by atoms with E-state index in [0.29, 0.717) is 92.9 Å². The molecule has 3 aromatic heterocycles. The standard InChI is InChI=1S/C39H47Cl2N9O6S/c1-46(2)15-4-6-33(54)48-19-20-50(34(55)23-48)36-10-8-25(57-36)7-9-32(53)42-13-3-5-31(52)43-14-18-49-17-12-30(45-49)26-21-28(40)38(41)39-37(26)27-22-47(35(56)24-51)16-11-29(27)44-39/h4,6,8,10,12,17,21,44,51H,3,5,7,9,11,13-16,18-20,22-24H2,1-2H3,(H,42,53)(H,43,52)/b6-4+. The fourth-order valence-electron chi connectivity index (χ4n) is 6.89. The van der Waals surface area contributed by atoms with E-state index in [1.807, 2.05) is 43.4 Å². The van der Waals surface area contributed by atoms with Gasteiger partial charge in [-0.25, -0.2) is 0 Å². The number of carbonyl (C=O) groups is 5. The molecule has 2 aliphatic heterocycles. The molecule has 0 bridgehead atoms. The van der Waals surface area contributed by atoms with Crippen LogP contribution in [0.2, 0.25) is 10.0 Å². The summed E-state index contributed by atoms with van der Waals surface area (Å²) in [6.07, 6.45) is 7.28. The van der Waals surface area contributed by atoms with Crippen LogP contribution in [0.5, 0.6) is 0 Å². The number of aliphatic hydroxyl groups is 1. The minimum atomic E-state index is -0.554. The Morgan fingerprint density at radius 1 is 1.02 bits per heavy atom. The second kappa shape index (κ2) is 19.1. The molecular weight excluding hydrogens is 793 g/mol. The molecule has 2 aliphatic rings. The number of hydrogen-bond acceptors (Lipinski definition) is 9. The molecule has 4 aromatic rings. The number of aliphatic hydroxyl groups excluding tert-OH is 1. The van der Waals surface area contributed by atoms with Gasteiger partial charge in [0.05, 0.1) is 32.8 Å². The van der Waals surface area contributed by atoms with Crippen molar-refractivity contribution in [3.63, 3.8) is 0 Å². The summed E-state index contributed by atoms with van der Waals surface area (Å²) in [5.74, 6) is -0.878. The monoisotopic (exact) mass is 839 g/mol. The number of nitrogens with zero attached hydrogens (tertiary/aromatic N) is 6. The summed E-state index contributed by atoms with van der Waals surface area (Å²) in [7, 11) is 3.84. The third-order valence-electron chi connectivity index (χ3n) is 9.89. The van der Waals surface area contributed by atoms with E-state index < -0.39 is 6.61 Å². The number of carbonyl (C=O) groups excluding carboxylic acids is 5. The highest BCUT2D eigenvalue weighted by Gasteiger charge is 2.29. The first kappa shape index (κ1) is 41.9. The fourth-order valence-corrected chi connectivity index (χ4v) is 8.34. The van der Waals surface area contributed by atoms with E-state index in [4.69, 9.17) is 28.3 Å². The number of thiophene rings is 1. The smallest absolute Gasteiger partial charge is 0.248 e. The van der Waals surface area contributed by atoms with E-state index >= 15 is 0 Å².